The zero-order valence-electron chi connectivity index (χ0n) is 9.95. The Bertz CT molecular complexity index is 951. The van der Waals surface area contributed by atoms with Gasteiger partial charge in [-0.15, -0.1) is 4.57 Å². The van der Waals surface area contributed by atoms with Crippen LogP contribution in [0.2, 0.25) is 0 Å². The summed E-state index contributed by atoms with van der Waals surface area (Å²) in [5.41, 5.74) is 5.11. The monoisotopic (exact) mass is 249 g/mol. The second-order valence-corrected chi connectivity index (χ2v) is 4.70. The lowest BCUT2D eigenvalue weighted by molar-refractivity contribution is -0.649. The Labute approximate surface area is 107 Å². The predicted octanol–water partition coefficient (Wildman–Crippen LogP) is 1.79. The van der Waals surface area contributed by atoms with Crippen molar-refractivity contribution in [2.45, 2.75) is 6.54 Å². The largest absolute Gasteiger partial charge is 0.395 e. The van der Waals surface area contributed by atoms with E-state index < -0.39 is 0 Å². The zero-order chi connectivity index (χ0) is 12.4. The summed E-state index contributed by atoms with van der Waals surface area (Å²) in [5, 5.41) is 0. The number of rotatable bonds is 0. The van der Waals surface area contributed by atoms with Crippen molar-refractivity contribution in [3.05, 3.63) is 48.8 Å². The van der Waals surface area contributed by atoms with Crippen molar-refractivity contribution in [2.24, 2.45) is 0 Å². The van der Waals surface area contributed by atoms with E-state index in [9.17, 15) is 0 Å². The zero-order valence-corrected chi connectivity index (χ0v) is 9.95. The fourth-order valence-corrected chi connectivity index (χ4v) is 2.80. The lowest BCUT2D eigenvalue weighted by Crippen LogP contribution is -2.30. The van der Waals surface area contributed by atoms with Crippen LogP contribution >= 0.6 is 0 Å². The SMILES string of the molecule is c1cnc2c(c1)-c1oc3c4cnccn4cc3[n+]1C2. The summed E-state index contributed by atoms with van der Waals surface area (Å²) in [4.78, 5) is 8.57. The first-order valence-electron chi connectivity index (χ1n) is 6.13. The highest BCUT2D eigenvalue weighted by Crippen LogP contribution is 2.31. The molecule has 5 nitrogen and oxygen atoms in total. The van der Waals surface area contributed by atoms with Crippen molar-refractivity contribution in [1.82, 2.24) is 14.4 Å². The fourth-order valence-electron chi connectivity index (χ4n) is 2.80. The first-order chi connectivity index (χ1) is 9.42. The first kappa shape index (κ1) is 9.27. The molecule has 0 saturated heterocycles. The minimum Gasteiger partial charge on any atom is -0.395 e. The molecule has 0 aromatic carbocycles. The Morgan fingerprint density at radius 1 is 1.32 bits per heavy atom. The first-order valence-corrected chi connectivity index (χ1v) is 6.13. The summed E-state index contributed by atoms with van der Waals surface area (Å²) in [5.74, 6) is 0.888. The van der Waals surface area contributed by atoms with E-state index in [4.69, 9.17) is 4.42 Å². The summed E-state index contributed by atoms with van der Waals surface area (Å²) in [6.45, 7) is 0.767. The molecule has 90 valence electrons. The normalized spacial score (nSPS) is 13.1. The van der Waals surface area contributed by atoms with Crippen molar-refractivity contribution in [3.8, 4) is 11.5 Å². The molecule has 0 radical (unpaired) electrons. The third-order valence-corrected chi connectivity index (χ3v) is 3.68. The highest BCUT2D eigenvalue weighted by Gasteiger charge is 2.35. The van der Waals surface area contributed by atoms with Crippen molar-refractivity contribution in [1.29, 1.82) is 0 Å². The van der Waals surface area contributed by atoms with Gasteiger partial charge in [0.2, 0.25) is 5.58 Å². The van der Waals surface area contributed by atoms with Gasteiger partial charge in [-0.3, -0.25) is 9.97 Å². The van der Waals surface area contributed by atoms with Gasteiger partial charge in [0.1, 0.15) is 16.8 Å². The van der Waals surface area contributed by atoms with Crippen LogP contribution in [-0.4, -0.2) is 14.4 Å². The van der Waals surface area contributed by atoms with Crippen LogP contribution < -0.4 is 4.57 Å². The van der Waals surface area contributed by atoms with Crippen LogP contribution in [0.15, 0.2) is 47.5 Å². The second kappa shape index (κ2) is 3.00. The number of fused-ring (bicyclic) bond motifs is 7. The lowest BCUT2D eigenvalue weighted by Gasteiger charge is -1.90. The highest BCUT2D eigenvalue weighted by atomic mass is 16.4. The summed E-state index contributed by atoms with van der Waals surface area (Å²) >= 11 is 0. The van der Waals surface area contributed by atoms with E-state index in [0.717, 1.165) is 40.3 Å². The average Bonchev–Trinajstić information content (AvgIpc) is 3.07. The molecule has 5 heterocycles. The van der Waals surface area contributed by atoms with Crippen LogP contribution in [0.1, 0.15) is 5.69 Å². The molecular weight excluding hydrogens is 240 g/mol. The average molecular weight is 249 g/mol. The number of nitrogens with zero attached hydrogens (tertiary/aromatic N) is 4. The topological polar surface area (TPSA) is 47.2 Å². The van der Waals surface area contributed by atoms with Gasteiger partial charge in [-0.25, -0.2) is 0 Å². The van der Waals surface area contributed by atoms with Gasteiger partial charge < -0.3 is 8.82 Å². The van der Waals surface area contributed by atoms with Crippen LogP contribution in [0, 0.1) is 0 Å². The van der Waals surface area contributed by atoms with E-state index in [1.54, 1.807) is 6.20 Å². The number of oxazole rings is 1. The van der Waals surface area contributed by atoms with Crippen LogP contribution in [-0.2, 0) is 6.54 Å². The lowest BCUT2D eigenvalue weighted by atomic mass is 10.2. The van der Waals surface area contributed by atoms with E-state index in [2.05, 4.69) is 26.8 Å². The molecule has 0 fully saturated rings. The van der Waals surface area contributed by atoms with Crippen LogP contribution in [0.25, 0.3) is 28.1 Å². The fraction of sp³-hybridized carbons (Fsp3) is 0.0714. The summed E-state index contributed by atoms with van der Waals surface area (Å²) in [6.07, 6.45) is 9.42. The standard InChI is InChI=1S/C14H9N4O/c1-2-9-10(16-3-1)7-18-12-8-17-5-4-15-6-11(17)13(12)19-14(9)18/h1-6,8H,7H2/q+1. The summed E-state index contributed by atoms with van der Waals surface area (Å²) in [6, 6.07) is 3.99. The van der Waals surface area contributed by atoms with Crippen molar-refractivity contribution in [3.63, 3.8) is 0 Å². The smallest absolute Gasteiger partial charge is 0.384 e. The molecule has 19 heavy (non-hydrogen) atoms. The molecule has 0 bridgehead atoms. The molecule has 4 aromatic rings. The summed E-state index contributed by atoms with van der Waals surface area (Å²) < 4.78 is 10.3. The minimum absolute atomic E-state index is 0.767. The highest BCUT2D eigenvalue weighted by molar-refractivity contribution is 5.88. The molecule has 1 aliphatic rings. The van der Waals surface area contributed by atoms with E-state index in [-0.39, 0.29) is 0 Å². The van der Waals surface area contributed by atoms with E-state index in [1.165, 1.54) is 0 Å². The van der Waals surface area contributed by atoms with E-state index >= 15 is 0 Å². The predicted molar refractivity (Wildman–Crippen MR) is 67.5 cm³/mol. The third kappa shape index (κ3) is 1.03. The number of aromatic nitrogens is 4. The van der Waals surface area contributed by atoms with Crippen molar-refractivity contribution >= 4 is 16.6 Å². The number of hydrogen-bond acceptors (Lipinski definition) is 3. The van der Waals surface area contributed by atoms with Crippen LogP contribution in [0.4, 0.5) is 0 Å². The number of hydrogen-bond donors (Lipinski definition) is 0. The van der Waals surface area contributed by atoms with Gasteiger partial charge in [-0.2, -0.15) is 0 Å². The molecule has 5 rings (SSSR count). The Hall–Kier alpha value is -2.69. The Balaban J connectivity index is 1.93. The van der Waals surface area contributed by atoms with E-state index in [1.807, 2.05) is 29.1 Å². The molecule has 0 amide bonds. The molecule has 5 heteroatoms. The van der Waals surface area contributed by atoms with Gasteiger partial charge in [0, 0.05) is 18.6 Å². The molecule has 0 aliphatic carbocycles. The molecule has 0 atom stereocenters. The summed E-state index contributed by atoms with van der Waals surface area (Å²) in [7, 11) is 0. The van der Waals surface area contributed by atoms with Gasteiger partial charge >= 0.3 is 5.89 Å². The number of pyridine rings is 1. The second-order valence-electron chi connectivity index (χ2n) is 4.70. The molecule has 0 unspecified atom stereocenters. The van der Waals surface area contributed by atoms with Crippen LogP contribution in [0.5, 0.6) is 0 Å². The Morgan fingerprint density at radius 3 is 3.32 bits per heavy atom. The molecule has 1 aliphatic heterocycles. The van der Waals surface area contributed by atoms with E-state index in [0.29, 0.717) is 0 Å². The maximum absolute atomic E-state index is 6.05. The molecule has 0 saturated carbocycles. The van der Waals surface area contributed by atoms with Gasteiger partial charge in [-0.1, -0.05) is 0 Å². The Morgan fingerprint density at radius 2 is 2.32 bits per heavy atom. The maximum atomic E-state index is 6.05. The Kier molecular flexibility index (Phi) is 1.46. The van der Waals surface area contributed by atoms with Crippen molar-refractivity contribution in [2.75, 3.05) is 0 Å². The van der Waals surface area contributed by atoms with Gasteiger partial charge in [0.05, 0.1) is 12.4 Å². The molecule has 0 spiro atoms. The quantitative estimate of drug-likeness (QED) is 0.393. The third-order valence-electron chi connectivity index (χ3n) is 3.68. The van der Waals surface area contributed by atoms with Gasteiger partial charge in [-0.05, 0) is 12.1 Å². The van der Waals surface area contributed by atoms with Gasteiger partial charge in [0.15, 0.2) is 6.54 Å². The maximum Gasteiger partial charge on any atom is 0.384 e. The minimum atomic E-state index is 0.767. The van der Waals surface area contributed by atoms with Crippen molar-refractivity contribution < 1.29 is 8.98 Å². The molecular formula is C14H9N4O+. The van der Waals surface area contributed by atoms with Gasteiger partial charge in [0.25, 0.3) is 5.52 Å². The molecule has 4 aromatic heterocycles. The molecule has 0 N–H and O–H groups in total. The van der Waals surface area contributed by atoms with Crippen LogP contribution in [0.3, 0.4) is 0 Å².